The van der Waals surface area contributed by atoms with Crippen LogP contribution in [0.3, 0.4) is 0 Å². The molecule has 1 N–H and O–H groups in total. The van der Waals surface area contributed by atoms with Gasteiger partial charge in [0.05, 0.1) is 0 Å². The van der Waals surface area contributed by atoms with Crippen LogP contribution in [0.25, 0.3) is 0 Å². The van der Waals surface area contributed by atoms with Gasteiger partial charge in [-0.1, -0.05) is 6.07 Å². The third-order valence-electron chi connectivity index (χ3n) is 2.49. The van der Waals surface area contributed by atoms with E-state index in [4.69, 9.17) is 0 Å². The summed E-state index contributed by atoms with van der Waals surface area (Å²) in [5.41, 5.74) is 0.177. The van der Waals surface area contributed by atoms with E-state index >= 15 is 0 Å². The fourth-order valence-corrected chi connectivity index (χ4v) is 2.90. The molecular formula is C11H13F2NS. The molecule has 1 heterocycles. The molecule has 2 rings (SSSR count). The van der Waals surface area contributed by atoms with E-state index in [1.807, 2.05) is 6.92 Å². The lowest BCUT2D eigenvalue weighted by atomic mass is 10.1. The first-order valence-corrected chi connectivity index (χ1v) is 6.11. The molecule has 0 aromatic heterocycles. The fourth-order valence-electron chi connectivity index (χ4n) is 1.81. The third kappa shape index (κ3) is 2.32. The maximum Gasteiger partial charge on any atom is 0.130 e. The monoisotopic (exact) mass is 229 g/mol. The minimum Gasteiger partial charge on any atom is -0.306 e. The van der Waals surface area contributed by atoms with Gasteiger partial charge in [-0.05, 0) is 19.1 Å². The van der Waals surface area contributed by atoms with Crippen molar-refractivity contribution in [3.05, 3.63) is 35.4 Å². The predicted molar refractivity (Wildman–Crippen MR) is 59.0 cm³/mol. The SMILES string of the molecule is CC1CSCC(c2c(F)cccc2F)N1. The van der Waals surface area contributed by atoms with E-state index in [0.717, 1.165) is 11.5 Å². The standard InChI is InChI=1S/C11H13F2NS/c1-7-5-15-6-10(14-7)11-8(12)3-2-4-9(11)13/h2-4,7,10,14H,5-6H2,1H3. The van der Waals surface area contributed by atoms with Crippen LogP contribution in [0.4, 0.5) is 8.78 Å². The van der Waals surface area contributed by atoms with Crippen LogP contribution in [0.5, 0.6) is 0 Å². The van der Waals surface area contributed by atoms with Gasteiger partial charge < -0.3 is 5.32 Å². The Labute approximate surface area is 92.3 Å². The third-order valence-corrected chi connectivity index (χ3v) is 3.79. The minimum absolute atomic E-state index is 0.177. The Kier molecular flexibility index (Phi) is 3.26. The van der Waals surface area contributed by atoms with Gasteiger partial charge >= 0.3 is 0 Å². The molecule has 1 aliphatic heterocycles. The second kappa shape index (κ2) is 4.49. The lowest BCUT2D eigenvalue weighted by Gasteiger charge is -2.29. The molecule has 0 bridgehead atoms. The topological polar surface area (TPSA) is 12.0 Å². The summed E-state index contributed by atoms with van der Waals surface area (Å²) in [5, 5.41) is 3.21. The predicted octanol–water partition coefficient (Wildman–Crippen LogP) is 2.73. The Balaban J connectivity index is 2.28. The van der Waals surface area contributed by atoms with Gasteiger partial charge in [0.15, 0.2) is 0 Å². The lowest BCUT2D eigenvalue weighted by Crippen LogP contribution is -2.38. The van der Waals surface area contributed by atoms with Crippen molar-refractivity contribution < 1.29 is 8.78 Å². The molecule has 2 atom stereocenters. The van der Waals surface area contributed by atoms with Crippen LogP contribution in [0.2, 0.25) is 0 Å². The first-order valence-electron chi connectivity index (χ1n) is 4.96. The number of thioether (sulfide) groups is 1. The molecule has 0 amide bonds. The molecule has 0 radical (unpaired) electrons. The highest BCUT2D eigenvalue weighted by atomic mass is 32.2. The first kappa shape index (κ1) is 10.9. The number of nitrogens with one attached hydrogen (secondary N) is 1. The van der Waals surface area contributed by atoms with E-state index in [9.17, 15) is 8.78 Å². The quantitative estimate of drug-likeness (QED) is 0.794. The molecule has 1 saturated heterocycles. The lowest BCUT2D eigenvalue weighted by molar-refractivity contribution is 0.455. The summed E-state index contributed by atoms with van der Waals surface area (Å²) in [6.07, 6.45) is 0. The normalized spacial score (nSPS) is 26.6. The molecule has 1 nitrogen and oxygen atoms in total. The van der Waals surface area contributed by atoms with Crippen LogP contribution in [-0.4, -0.2) is 17.5 Å². The van der Waals surface area contributed by atoms with Crippen molar-refractivity contribution in [1.82, 2.24) is 5.32 Å². The molecule has 1 aliphatic rings. The summed E-state index contributed by atoms with van der Waals surface area (Å²) < 4.78 is 26.9. The van der Waals surface area contributed by atoms with E-state index < -0.39 is 11.6 Å². The van der Waals surface area contributed by atoms with Crippen LogP contribution >= 0.6 is 11.8 Å². The molecule has 15 heavy (non-hydrogen) atoms. The fraction of sp³-hybridized carbons (Fsp3) is 0.455. The van der Waals surface area contributed by atoms with Crippen LogP contribution in [0.1, 0.15) is 18.5 Å². The largest absolute Gasteiger partial charge is 0.306 e. The average molecular weight is 229 g/mol. The highest BCUT2D eigenvalue weighted by molar-refractivity contribution is 7.99. The summed E-state index contributed by atoms with van der Waals surface area (Å²) in [5.74, 6) is 0.804. The summed E-state index contributed by atoms with van der Waals surface area (Å²) >= 11 is 1.73. The zero-order chi connectivity index (χ0) is 10.8. The number of hydrogen-bond donors (Lipinski definition) is 1. The Morgan fingerprint density at radius 1 is 1.27 bits per heavy atom. The summed E-state index contributed by atoms with van der Waals surface area (Å²) in [6.45, 7) is 2.03. The molecule has 0 spiro atoms. The Bertz CT molecular complexity index is 336. The zero-order valence-corrected chi connectivity index (χ0v) is 9.28. The Hall–Kier alpha value is -0.610. The van der Waals surface area contributed by atoms with Crippen molar-refractivity contribution in [2.45, 2.75) is 19.0 Å². The highest BCUT2D eigenvalue weighted by Gasteiger charge is 2.24. The van der Waals surface area contributed by atoms with E-state index in [0.29, 0.717) is 6.04 Å². The van der Waals surface area contributed by atoms with Gasteiger partial charge in [-0.3, -0.25) is 0 Å². The number of halogens is 2. The average Bonchev–Trinajstić information content (AvgIpc) is 2.17. The molecule has 1 aromatic carbocycles. The minimum atomic E-state index is -0.456. The van der Waals surface area contributed by atoms with Crippen molar-refractivity contribution >= 4 is 11.8 Å². The van der Waals surface area contributed by atoms with Crippen molar-refractivity contribution in [1.29, 1.82) is 0 Å². The van der Waals surface area contributed by atoms with Crippen LogP contribution < -0.4 is 5.32 Å². The van der Waals surface area contributed by atoms with E-state index in [2.05, 4.69) is 5.32 Å². The number of benzene rings is 1. The van der Waals surface area contributed by atoms with Crippen molar-refractivity contribution in [2.75, 3.05) is 11.5 Å². The van der Waals surface area contributed by atoms with E-state index in [1.54, 1.807) is 11.8 Å². The number of rotatable bonds is 1. The summed E-state index contributed by atoms with van der Waals surface area (Å²) in [4.78, 5) is 0. The van der Waals surface area contributed by atoms with E-state index in [1.165, 1.54) is 18.2 Å². The van der Waals surface area contributed by atoms with Crippen molar-refractivity contribution in [3.63, 3.8) is 0 Å². The van der Waals surface area contributed by atoms with Gasteiger partial charge in [-0.25, -0.2) is 8.78 Å². The second-order valence-corrected chi connectivity index (χ2v) is 4.87. The van der Waals surface area contributed by atoms with Crippen LogP contribution in [0.15, 0.2) is 18.2 Å². The van der Waals surface area contributed by atoms with Gasteiger partial charge in [-0.15, -0.1) is 0 Å². The molecule has 0 aliphatic carbocycles. The summed E-state index contributed by atoms with van der Waals surface area (Å²) in [7, 11) is 0. The molecule has 1 fully saturated rings. The maximum atomic E-state index is 13.5. The van der Waals surface area contributed by atoms with E-state index in [-0.39, 0.29) is 11.6 Å². The smallest absolute Gasteiger partial charge is 0.130 e. The Morgan fingerprint density at radius 2 is 1.93 bits per heavy atom. The molecular weight excluding hydrogens is 216 g/mol. The van der Waals surface area contributed by atoms with Gasteiger partial charge in [0.2, 0.25) is 0 Å². The molecule has 2 unspecified atom stereocenters. The highest BCUT2D eigenvalue weighted by Crippen LogP contribution is 2.27. The molecule has 0 saturated carbocycles. The van der Waals surface area contributed by atoms with Crippen LogP contribution in [0, 0.1) is 11.6 Å². The maximum absolute atomic E-state index is 13.5. The molecule has 82 valence electrons. The van der Waals surface area contributed by atoms with Gasteiger partial charge in [0, 0.05) is 29.2 Å². The second-order valence-electron chi connectivity index (χ2n) is 3.79. The number of hydrogen-bond acceptors (Lipinski definition) is 2. The van der Waals surface area contributed by atoms with Crippen molar-refractivity contribution in [3.8, 4) is 0 Å². The summed E-state index contributed by atoms with van der Waals surface area (Å²) in [6, 6.07) is 4.11. The molecule has 4 heteroatoms. The first-order chi connectivity index (χ1) is 7.18. The van der Waals surface area contributed by atoms with Gasteiger partial charge in [0.1, 0.15) is 11.6 Å². The van der Waals surface area contributed by atoms with Crippen LogP contribution in [-0.2, 0) is 0 Å². The van der Waals surface area contributed by atoms with Crippen molar-refractivity contribution in [2.24, 2.45) is 0 Å². The Morgan fingerprint density at radius 3 is 2.53 bits per heavy atom. The van der Waals surface area contributed by atoms with Gasteiger partial charge in [-0.2, -0.15) is 11.8 Å². The van der Waals surface area contributed by atoms with Gasteiger partial charge in [0.25, 0.3) is 0 Å². The molecule has 1 aromatic rings. The zero-order valence-electron chi connectivity index (χ0n) is 8.47.